The van der Waals surface area contributed by atoms with Gasteiger partial charge in [0.2, 0.25) is 5.91 Å². The van der Waals surface area contributed by atoms with Crippen molar-refractivity contribution in [1.82, 2.24) is 10.4 Å². The number of nitrogens with zero attached hydrogens (tertiary/aromatic N) is 1. The second-order valence-electron chi connectivity index (χ2n) is 7.43. The number of hydrogen-bond acceptors (Lipinski definition) is 3. The Kier molecular flexibility index (Phi) is 2.65. The highest BCUT2D eigenvalue weighted by molar-refractivity contribution is 6.07. The summed E-state index contributed by atoms with van der Waals surface area (Å²) >= 11 is 0. The van der Waals surface area contributed by atoms with E-state index in [1.54, 1.807) is 0 Å². The fourth-order valence-electron chi connectivity index (χ4n) is 5.13. The number of hydrazine groups is 1. The summed E-state index contributed by atoms with van der Waals surface area (Å²) in [5.74, 6) is -0.965. The zero-order valence-corrected chi connectivity index (χ0v) is 13.1. The van der Waals surface area contributed by atoms with E-state index in [2.05, 4.69) is 17.6 Å². The molecule has 3 fully saturated rings. The van der Waals surface area contributed by atoms with E-state index in [4.69, 9.17) is 0 Å². The number of benzene rings is 1. The van der Waals surface area contributed by atoms with E-state index in [1.807, 2.05) is 30.3 Å². The Morgan fingerprint density at radius 3 is 2.17 bits per heavy atom. The zero-order valence-electron chi connectivity index (χ0n) is 13.1. The predicted octanol–water partition coefficient (Wildman–Crippen LogP) is 1.46. The van der Waals surface area contributed by atoms with Gasteiger partial charge in [-0.2, -0.15) is 5.01 Å². The van der Waals surface area contributed by atoms with Crippen LogP contribution in [0.1, 0.15) is 18.4 Å². The first kappa shape index (κ1) is 14.0. The van der Waals surface area contributed by atoms with Gasteiger partial charge in [-0.1, -0.05) is 42.5 Å². The Balaban J connectivity index is 1.33. The average Bonchev–Trinajstić information content (AvgIpc) is 3.19. The van der Waals surface area contributed by atoms with Gasteiger partial charge in [0.05, 0.1) is 18.3 Å². The minimum absolute atomic E-state index is 0.155. The van der Waals surface area contributed by atoms with Crippen molar-refractivity contribution in [2.75, 3.05) is 0 Å². The molecule has 1 aliphatic heterocycles. The van der Waals surface area contributed by atoms with Crippen LogP contribution in [0.15, 0.2) is 42.5 Å². The fraction of sp³-hybridized carbons (Fsp3) is 0.421. The molecule has 2 saturated carbocycles. The molecule has 4 atom stereocenters. The maximum absolute atomic E-state index is 12.7. The Morgan fingerprint density at radius 2 is 1.62 bits per heavy atom. The third kappa shape index (κ3) is 1.67. The van der Waals surface area contributed by atoms with E-state index in [1.165, 1.54) is 0 Å². The van der Waals surface area contributed by atoms with Gasteiger partial charge in [-0.05, 0) is 35.7 Å². The molecule has 24 heavy (non-hydrogen) atoms. The van der Waals surface area contributed by atoms with Crippen molar-refractivity contribution in [3.63, 3.8) is 0 Å². The SMILES string of the molecule is O=C(Cc1ccccc1)NN1C(=O)[C@@H]2[C@@H](C1=O)[C@H]1C=C[C@H]2C12CC2. The van der Waals surface area contributed by atoms with E-state index >= 15 is 0 Å². The smallest absolute Gasteiger partial charge is 0.252 e. The number of rotatable bonds is 3. The van der Waals surface area contributed by atoms with Crippen LogP contribution in [0.2, 0.25) is 0 Å². The molecule has 0 unspecified atom stereocenters. The first-order valence-corrected chi connectivity index (χ1v) is 8.51. The summed E-state index contributed by atoms with van der Waals surface area (Å²) in [5.41, 5.74) is 3.58. The molecule has 1 aromatic rings. The Labute approximate surface area is 139 Å². The lowest BCUT2D eigenvalue weighted by Gasteiger charge is -2.22. The number of nitrogens with one attached hydrogen (secondary N) is 1. The highest BCUT2D eigenvalue weighted by Crippen LogP contribution is 2.73. The molecule has 3 amide bonds. The molecular weight excluding hydrogens is 304 g/mol. The van der Waals surface area contributed by atoms with Crippen LogP contribution < -0.4 is 5.43 Å². The summed E-state index contributed by atoms with van der Waals surface area (Å²) in [6.07, 6.45) is 6.63. The largest absolute Gasteiger partial charge is 0.273 e. The van der Waals surface area contributed by atoms with E-state index < -0.39 is 0 Å². The molecule has 1 aromatic carbocycles. The number of carbonyl (C=O) groups is 3. The van der Waals surface area contributed by atoms with Crippen LogP contribution in [0.25, 0.3) is 0 Å². The van der Waals surface area contributed by atoms with Crippen molar-refractivity contribution in [2.24, 2.45) is 29.1 Å². The molecule has 2 bridgehead atoms. The maximum Gasteiger partial charge on any atom is 0.252 e. The molecule has 1 spiro atoms. The number of allylic oxidation sites excluding steroid dienone is 2. The van der Waals surface area contributed by atoms with Crippen molar-refractivity contribution >= 4 is 17.7 Å². The van der Waals surface area contributed by atoms with Gasteiger partial charge in [0.15, 0.2) is 0 Å². The fourth-order valence-corrected chi connectivity index (χ4v) is 5.13. The van der Waals surface area contributed by atoms with Gasteiger partial charge in [0.25, 0.3) is 11.8 Å². The lowest BCUT2D eigenvalue weighted by atomic mass is 9.85. The lowest BCUT2D eigenvalue weighted by Crippen LogP contribution is -2.48. The highest BCUT2D eigenvalue weighted by atomic mass is 16.2. The third-order valence-electron chi connectivity index (χ3n) is 6.30. The number of imide groups is 1. The summed E-state index contributed by atoms with van der Waals surface area (Å²) in [5, 5.41) is 0.989. The van der Waals surface area contributed by atoms with Gasteiger partial charge in [-0.3, -0.25) is 19.8 Å². The van der Waals surface area contributed by atoms with Gasteiger partial charge < -0.3 is 0 Å². The van der Waals surface area contributed by atoms with Crippen LogP contribution in [0.4, 0.5) is 0 Å². The second-order valence-corrected chi connectivity index (χ2v) is 7.43. The van der Waals surface area contributed by atoms with Crippen LogP contribution in [-0.2, 0) is 20.8 Å². The van der Waals surface area contributed by atoms with Gasteiger partial charge >= 0.3 is 0 Å². The lowest BCUT2D eigenvalue weighted by molar-refractivity contribution is -0.150. The first-order chi connectivity index (χ1) is 11.6. The summed E-state index contributed by atoms with van der Waals surface area (Å²) in [6, 6.07) is 9.30. The average molecular weight is 322 g/mol. The minimum Gasteiger partial charge on any atom is -0.273 e. The molecule has 5 nitrogen and oxygen atoms in total. The minimum atomic E-state index is -0.329. The molecule has 5 heteroatoms. The molecule has 4 aliphatic rings. The van der Waals surface area contributed by atoms with Crippen molar-refractivity contribution in [3.8, 4) is 0 Å². The van der Waals surface area contributed by atoms with Crippen molar-refractivity contribution < 1.29 is 14.4 Å². The number of amides is 3. The zero-order chi connectivity index (χ0) is 16.5. The summed E-state index contributed by atoms with van der Waals surface area (Å²) in [6.45, 7) is 0. The summed E-state index contributed by atoms with van der Waals surface area (Å²) in [7, 11) is 0. The van der Waals surface area contributed by atoms with Crippen molar-refractivity contribution in [2.45, 2.75) is 19.3 Å². The highest BCUT2D eigenvalue weighted by Gasteiger charge is 2.73. The van der Waals surface area contributed by atoms with Gasteiger partial charge in [0, 0.05) is 0 Å². The van der Waals surface area contributed by atoms with E-state index in [9.17, 15) is 14.4 Å². The van der Waals surface area contributed by atoms with Gasteiger partial charge in [-0.15, -0.1) is 0 Å². The van der Waals surface area contributed by atoms with Gasteiger partial charge in [-0.25, -0.2) is 0 Å². The van der Waals surface area contributed by atoms with Crippen LogP contribution in [-0.4, -0.2) is 22.7 Å². The molecule has 0 aromatic heterocycles. The number of carbonyl (C=O) groups excluding carboxylic acids is 3. The van der Waals surface area contributed by atoms with Crippen LogP contribution in [0.3, 0.4) is 0 Å². The molecule has 1 N–H and O–H groups in total. The molecule has 5 rings (SSSR count). The molecule has 0 radical (unpaired) electrons. The second kappa shape index (κ2) is 4.56. The van der Waals surface area contributed by atoms with E-state index in [0.29, 0.717) is 0 Å². The molecule has 3 aliphatic carbocycles. The monoisotopic (exact) mass is 322 g/mol. The Morgan fingerprint density at radius 1 is 1.04 bits per heavy atom. The van der Waals surface area contributed by atoms with Crippen molar-refractivity contribution in [1.29, 1.82) is 0 Å². The molecule has 122 valence electrons. The van der Waals surface area contributed by atoms with E-state index in [0.717, 1.165) is 23.4 Å². The Bertz CT molecular complexity index is 747. The van der Waals surface area contributed by atoms with E-state index in [-0.39, 0.29) is 53.2 Å². The van der Waals surface area contributed by atoms with Crippen LogP contribution in [0, 0.1) is 29.1 Å². The standard InChI is InChI=1S/C19H18N2O3/c22-14(10-11-4-2-1-3-5-11)20-21-17(23)15-12-6-7-13(16(15)18(21)24)19(12)8-9-19/h1-7,12-13,15-16H,8-10H2,(H,20,22)/t12-,13-,15+,16+/m1/s1. The van der Waals surface area contributed by atoms with Crippen LogP contribution >= 0.6 is 0 Å². The summed E-state index contributed by atoms with van der Waals surface area (Å²) < 4.78 is 0. The number of hydrogen-bond donors (Lipinski definition) is 1. The van der Waals surface area contributed by atoms with Crippen molar-refractivity contribution in [3.05, 3.63) is 48.0 Å². The number of fused-ring (bicyclic) bond motifs is 3. The Hall–Kier alpha value is -2.43. The molecule has 1 saturated heterocycles. The van der Waals surface area contributed by atoms with Crippen LogP contribution in [0.5, 0.6) is 0 Å². The quantitative estimate of drug-likeness (QED) is 0.677. The maximum atomic E-state index is 12.7. The first-order valence-electron chi connectivity index (χ1n) is 8.51. The normalized spacial score (nSPS) is 34.1. The van der Waals surface area contributed by atoms with Gasteiger partial charge in [0.1, 0.15) is 0 Å². The molecular formula is C19H18N2O3. The predicted molar refractivity (Wildman–Crippen MR) is 84.9 cm³/mol. The molecule has 1 heterocycles. The third-order valence-corrected chi connectivity index (χ3v) is 6.30. The topological polar surface area (TPSA) is 66.5 Å². The summed E-state index contributed by atoms with van der Waals surface area (Å²) in [4.78, 5) is 37.7.